The quantitative estimate of drug-likeness (QED) is 0.845. The Balaban J connectivity index is 1.96. The van der Waals surface area contributed by atoms with Gasteiger partial charge >= 0.3 is 0 Å². The summed E-state index contributed by atoms with van der Waals surface area (Å²) in [7, 11) is 0. The van der Waals surface area contributed by atoms with E-state index in [2.05, 4.69) is 12.2 Å². The summed E-state index contributed by atoms with van der Waals surface area (Å²) < 4.78 is 5.25. The van der Waals surface area contributed by atoms with Crippen LogP contribution in [0.15, 0.2) is 30.3 Å². The molecule has 0 radical (unpaired) electrons. The predicted molar refractivity (Wildman–Crippen MR) is 82.1 cm³/mol. The van der Waals surface area contributed by atoms with Crippen LogP contribution >= 0.6 is 0 Å². The third-order valence-corrected chi connectivity index (χ3v) is 4.11. The minimum absolute atomic E-state index is 0.00275. The molecular weight excluding hydrogens is 266 g/mol. The van der Waals surface area contributed by atoms with Gasteiger partial charge in [-0.1, -0.05) is 43.7 Å². The summed E-state index contributed by atoms with van der Waals surface area (Å²) in [6.45, 7) is 3.50. The molecule has 1 aromatic carbocycles. The van der Waals surface area contributed by atoms with Crippen molar-refractivity contribution in [3.05, 3.63) is 35.9 Å². The molecule has 1 aliphatic heterocycles. The second kappa shape index (κ2) is 7.57. The average molecular weight is 291 g/mol. The Hall–Kier alpha value is -1.39. The zero-order valence-electron chi connectivity index (χ0n) is 12.7. The monoisotopic (exact) mass is 291 g/mol. The van der Waals surface area contributed by atoms with Crippen LogP contribution in [0.5, 0.6) is 0 Å². The van der Waals surface area contributed by atoms with E-state index in [-0.39, 0.29) is 11.8 Å². The number of nitrogens with one attached hydrogen (secondary N) is 1. The van der Waals surface area contributed by atoms with Crippen LogP contribution in [0, 0.1) is 0 Å². The van der Waals surface area contributed by atoms with E-state index in [0.29, 0.717) is 32.6 Å². The van der Waals surface area contributed by atoms with Crippen molar-refractivity contribution >= 4 is 5.91 Å². The zero-order valence-corrected chi connectivity index (χ0v) is 12.7. The molecule has 1 atom stereocenters. The minimum atomic E-state index is -0.818. The van der Waals surface area contributed by atoms with Crippen molar-refractivity contribution in [3.8, 4) is 0 Å². The van der Waals surface area contributed by atoms with Crippen LogP contribution in [-0.4, -0.2) is 36.4 Å². The number of rotatable bonds is 6. The lowest BCUT2D eigenvalue weighted by Crippen LogP contribution is -2.47. The second-order valence-corrected chi connectivity index (χ2v) is 5.81. The first-order chi connectivity index (χ1) is 10.1. The molecule has 1 unspecified atom stereocenters. The smallest absolute Gasteiger partial charge is 0.227 e. The number of hydrogen-bond donors (Lipinski definition) is 2. The molecule has 1 aromatic rings. The van der Waals surface area contributed by atoms with E-state index >= 15 is 0 Å². The molecule has 1 heterocycles. The highest BCUT2D eigenvalue weighted by Gasteiger charge is 2.31. The van der Waals surface area contributed by atoms with E-state index in [4.69, 9.17) is 4.74 Å². The van der Waals surface area contributed by atoms with Gasteiger partial charge in [0.1, 0.15) is 0 Å². The van der Waals surface area contributed by atoms with E-state index in [1.54, 1.807) is 0 Å². The van der Waals surface area contributed by atoms with Crippen molar-refractivity contribution in [2.75, 3.05) is 19.8 Å². The highest BCUT2D eigenvalue weighted by molar-refractivity contribution is 5.83. The Labute approximate surface area is 126 Å². The molecule has 2 rings (SSSR count). The molecule has 0 bridgehead atoms. The Kier molecular flexibility index (Phi) is 5.76. The molecule has 4 nitrogen and oxygen atoms in total. The van der Waals surface area contributed by atoms with E-state index in [0.717, 1.165) is 18.4 Å². The summed E-state index contributed by atoms with van der Waals surface area (Å²) in [6.07, 6.45) is 2.93. The molecule has 1 fully saturated rings. The SMILES string of the molecule is CCCC(C(=O)NCC1(O)CCOCC1)c1ccccc1. The third kappa shape index (κ3) is 4.55. The highest BCUT2D eigenvalue weighted by atomic mass is 16.5. The van der Waals surface area contributed by atoms with Gasteiger partial charge in [0.2, 0.25) is 5.91 Å². The van der Waals surface area contributed by atoms with Gasteiger partial charge in [0, 0.05) is 32.6 Å². The van der Waals surface area contributed by atoms with Gasteiger partial charge in [0.15, 0.2) is 0 Å². The number of aliphatic hydroxyl groups is 1. The van der Waals surface area contributed by atoms with Crippen LogP contribution in [0.25, 0.3) is 0 Å². The van der Waals surface area contributed by atoms with Crippen LogP contribution in [0.3, 0.4) is 0 Å². The summed E-state index contributed by atoms with van der Waals surface area (Å²) in [6, 6.07) is 9.84. The predicted octanol–water partition coefficient (Wildman–Crippen LogP) is 2.23. The van der Waals surface area contributed by atoms with Gasteiger partial charge < -0.3 is 15.2 Å². The normalized spacial score (nSPS) is 19.0. The lowest BCUT2D eigenvalue weighted by Gasteiger charge is -2.32. The molecule has 0 aliphatic carbocycles. The number of hydrogen-bond acceptors (Lipinski definition) is 3. The zero-order chi connectivity index (χ0) is 15.1. The van der Waals surface area contributed by atoms with Gasteiger partial charge in [0.25, 0.3) is 0 Å². The molecule has 2 N–H and O–H groups in total. The summed E-state index contributed by atoms with van der Waals surface area (Å²) in [5.41, 5.74) is 0.220. The molecule has 1 aliphatic rings. The van der Waals surface area contributed by atoms with Gasteiger partial charge in [-0.2, -0.15) is 0 Å². The summed E-state index contributed by atoms with van der Waals surface area (Å²) >= 11 is 0. The minimum Gasteiger partial charge on any atom is -0.388 e. The molecule has 0 aromatic heterocycles. The maximum Gasteiger partial charge on any atom is 0.227 e. The fourth-order valence-electron chi connectivity index (χ4n) is 2.73. The molecule has 1 amide bonds. The lowest BCUT2D eigenvalue weighted by atomic mass is 9.91. The van der Waals surface area contributed by atoms with Gasteiger partial charge in [-0.15, -0.1) is 0 Å². The van der Waals surface area contributed by atoms with Gasteiger partial charge in [-0.25, -0.2) is 0 Å². The van der Waals surface area contributed by atoms with Gasteiger partial charge in [-0.05, 0) is 12.0 Å². The molecular formula is C17H25NO3. The van der Waals surface area contributed by atoms with Gasteiger partial charge in [-0.3, -0.25) is 4.79 Å². The Morgan fingerprint density at radius 1 is 1.33 bits per heavy atom. The molecule has 0 saturated carbocycles. The Morgan fingerprint density at radius 3 is 2.62 bits per heavy atom. The Morgan fingerprint density at radius 2 is 2.00 bits per heavy atom. The number of benzene rings is 1. The summed E-state index contributed by atoms with van der Waals surface area (Å²) in [4.78, 5) is 12.5. The Bertz CT molecular complexity index is 441. The summed E-state index contributed by atoms with van der Waals surface area (Å²) in [5.74, 6) is -0.136. The van der Waals surface area contributed by atoms with Crippen molar-refractivity contribution in [2.45, 2.75) is 44.1 Å². The largest absolute Gasteiger partial charge is 0.388 e. The van der Waals surface area contributed by atoms with Crippen molar-refractivity contribution in [1.29, 1.82) is 0 Å². The lowest BCUT2D eigenvalue weighted by molar-refractivity contribution is -0.125. The first-order valence-electron chi connectivity index (χ1n) is 7.77. The maximum absolute atomic E-state index is 12.5. The number of amides is 1. The third-order valence-electron chi connectivity index (χ3n) is 4.11. The molecule has 21 heavy (non-hydrogen) atoms. The maximum atomic E-state index is 12.5. The molecule has 4 heteroatoms. The van der Waals surface area contributed by atoms with E-state index < -0.39 is 5.60 Å². The van der Waals surface area contributed by atoms with Crippen molar-refractivity contribution < 1.29 is 14.6 Å². The fraction of sp³-hybridized carbons (Fsp3) is 0.588. The molecule has 116 valence electrons. The van der Waals surface area contributed by atoms with Crippen LogP contribution in [0.2, 0.25) is 0 Å². The van der Waals surface area contributed by atoms with Crippen molar-refractivity contribution in [3.63, 3.8) is 0 Å². The molecule has 1 saturated heterocycles. The number of carbonyl (C=O) groups excluding carboxylic acids is 1. The second-order valence-electron chi connectivity index (χ2n) is 5.81. The summed E-state index contributed by atoms with van der Waals surface area (Å²) in [5, 5.41) is 13.3. The van der Waals surface area contributed by atoms with Crippen LogP contribution in [-0.2, 0) is 9.53 Å². The first-order valence-corrected chi connectivity index (χ1v) is 7.77. The average Bonchev–Trinajstić information content (AvgIpc) is 2.52. The van der Waals surface area contributed by atoms with Gasteiger partial charge in [0.05, 0.1) is 11.5 Å². The molecule has 0 spiro atoms. The first kappa shape index (κ1) is 16.0. The fourth-order valence-corrected chi connectivity index (χ4v) is 2.73. The van der Waals surface area contributed by atoms with E-state index in [1.165, 1.54) is 0 Å². The number of carbonyl (C=O) groups is 1. The van der Waals surface area contributed by atoms with E-state index in [9.17, 15) is 9.90 Å². The van der Waals surface area contributed by atoms with Crippen LogP contribution in [0.1, 0.15) is 44.1 Å². The van der Waals surface area contributed by atoms with Crippen molar-refractivity contribution in [1.82, 2.24) is 5.32 Å². The van der Waals surface area contributed by atoms with Crippen molar-refractivity contribution in [2.24, 2.45) is 0 Å². The standard InChI is InChI=1S/C17H25NO3/c1-2-6-15(14-7-4-3-5-8-14)16(19)18-13-17(20)9-11-21-12-10-17/h3-5,7-8,15,20H,2,6,9-13H2,1H3,(H,18,19). The van der Waals surface area contributed by atoms with Crippen LogP contribution in [0.4, 0.5) is 0 Å². The highest BCUT2D eigenvalue weighted by Crippen LogP contribution is 2.23. The topological polar surface area (TPSA) is 58.6 Å². The van der Waals surface area contributed by atoms with Crippen LogP contribution < -0.4 is 5.32 Å². The number of ether oxygens (including phenoxy) is 1. The van der Waals surface area contributed by atoms with E-state index in [1.807, 2.05) is 30.3 Å².